The summed E-state index contributed by atoms with van der Waals surface area (Å²) in [5, 5.41) is 11.8. The topological polar surface area (TPSA) is 66.0 Å². The van der Waals surface area contributed by atoms with Crippen LogP contribution in [-0.2, 0) is 11.2 Å². The van der Waals surface area contributed by atoms with Gasteiger partial charge in [0.1, 0.15) is 5.58 Å². The van der Waals surface area contributed by atoms with Gasteiger partial charge < -0.3 is 9.73 Å². The summed E-state index contributed by atoms with van der Waals surface area (Å²) in [6.45, 7) is 0.440. The van der Waals surface area contributed by atoms with Gasteiger partial charge in [-0.05, 0) is 18.1 Å². The fourth-order valence-corrected chi connectivity index (χ4v) is 1.58. The van der Waals surface area contributed by atoms with Crippen molar-refractivity contribution in [2.75, 3.05) is 6.54 Å². The van der Waals surface area contributed by atoms with E-state index >= 15 is 0 Å². The molecule has 0 unspecified atom stereocenters. The standard InChI is InChI=1S/C12H10N2O2/c13-7-12(15)14-6-5-9-8-16-11-4-2-1-3-10(9)11/h1-4,8H,5-6H2,(H,14,15). The molecule has 1 heterocycles. The summed E-state index contributed by atoms with van der Waals surface area (Å²) >= 11 is 0. The lowest BCUT2D eigenvalue weighted by atomic mass is 10.1. The van der Waals surface area contributed by atoms with Crippen LogP contribution in [0.5, 0.6) is 0 Å². The second-order valence-electron chi connectivity index (χ2n) is 3.37. The Morgan fingerprint density at radius 1 is 1.44 bits per heavy atom. The molecule has 2 aromatic rings. The number of nitriles is 1. The molecule has 4 nitrogen and oxygen atoms in total. The summed E-state index contributed by atoms with van der Waals surface area (Å²) in [5.74, 6) is -0.604. The number of rotatable bonds is 3. The fraction of sp³-hybridized carbons (Fsp3) is 0.167. The number of carbonyl (C=O) groups excluding carboxylic acids is 1. The third-order valence-electron chi connectivity index (χ3n) is 2.34. The Balaban J connectivity index is 2.05. The summed E-state index contributed by atoms with van der Waals surface area (Å²) in [6.07, 6.45) is 2.34. The molecule has 0 aliphatic rings. The number of nitrogens with zero attached hydrogens (tertiary/aromatic N) is 1. The third kappa shape index (κ3) is 2.04. The van der Waals surface area contributed by atoms with E-state index in [1.54, 1.807) is 6.26 Å². The molecule has 1 N–H and O–H groups in total. The van der Waals surface area contributed by atoms with Crippen LogP contribution in [0.2, 0.25) is 0 Å². The first-order chi connectivity index (χ1) is 7.81. The van der Waals surface area contributed by atoms with Crippen molar-refractivity contribution in [1.82, 2.24) is 5.32 Å². The van der Waals surface area contributed by atoms with E-state index < -0.39 is 5.91 Å². The zero-order chi connectivity index (χ0) is 11.4. The number of furan rings is 1. The number of amides is 1. The Morgan fingerprint density at radius 3 is 3.06 bits per heavy atom. The van der Waals surface area contributed by atoms with Crippen LogP contribution in [0, 0.1) is 11.3 Å². The molecule has 80 valence electrons. The minimum Gasteiger partial charge on any atom is -0.464 e. The molecule has 1 aromatic heterocycles. The van der Waals surface area contributed by atoms with Gasteiger partial charge in [-0.3, -0.25) is 4.79 Å². The van der Waals surface area contributed by atoms with Crippen LogP contribution in [0.1, 0.15) is 5.56 Å². The maximum absolute atomic E-state index is 10.7. The van der Waals surface area contributed by atoms with Crippen molar-refractivity contribution in [3.8, 4) is 6.07 Å². The van der Waals surface area contributed by atoms with E-state index in [9.17, 15) is 4.79 Å². The second-order valence-corrected chi connectivity index (χ2v) is 3.37. The first-order valence-corrected chi connectivity index (χ1v) is 4.94. The molecule has 0 bridgehead atoms. The minimum absolute atomic E-state index is 0.440. The smallest absolute Gasteiger partial charge is 0.322 e. The fourth-order valence-electron chi connectivity index (χ4n) is 1.58. The summed E-state index contributed by atoms with van der Waals surface area (Å²) < 4.78 is 5.36. The molecule has 1 aromatic carbocycles. The number of nitrogens with one attached hydrogen (secondary N) is 1. The van der Waals surface area contributed by atoms with E-state index in [0.29, 0.717) is 13.0 Å². The number of para-hydroxylation sites is 1. The molecule has 0 saturated carbocycles. The van der Waals surface area contributed by atoms with Gasteiger partial charge >= 0.3 is 5.91 Å². The molecule has 0 spiro atoms. The summed E-state index contributed by atoms with van der Waals surface area (Å²) in [6, 6.07) is 9.23. The average Bonchev–Trinajstić information content (AvgIpc) is 2.73. The second kappa shape index (κ2) is 4.49. The number of benzene rings is 1. The Kier molecular flexibility index (Phi) is 2.88. The SMILES string of the molecule is N#CC(=O)NCCc1coc2ccccc12. The van der Waals surface area contributed by atoms with Gasteiger partial charge in [-0.15, -0.1) is 0 Å². The van der Waals surface area contributed by atoms with Crippen molar-refractivity contribution in [2.45, 2.75) is 6.42 Å². The normalized spacial score (nSPS) is 9.94. The van der Waals surface area contributed by atoms with Crippen LogP contribution in [0.3, 0.4) is 0 Å². The molecular formula is C12H10N2O2. The summed E-state index contributed by atoms with van der Waals surface area (Å²) in [7, 11) is 0. The Bertz CT molecular complexity index is 551. The van der Waals surface area contributed by atoms with E-state index in [2.05, 4.69) is 5.32 Å². The maximum Gasteiger partial charge on any atom is 0.322 e. The molecule has 4 heteroatoms. The van der Waals surface area contributed by atoms with Gasteiger partial charge in [0, 0.05) is 11.9 Å². The molecule has 1 amide bonds. The van der Waals surface area contributed by atoms with Gasteiger partial charge in [0.2, 0.25) is 0 Å². The molecule has 0 fully saturated rings. The quantitative estimate of drug-likeness (QED) is 0.789. The van der Waals surface area contributed by atoms with Gasteiger partial charge in [0.15, 0.2) is 6.07 Å². The van der Waals surface area contributed by atoms with Gasteiger partial charge in [0.25, 0.3) is 0 Å². The number of carbonyl (C=O) groups is 1. The van der Waals surface area contributed by atoms with Crippen molar-refractivity contribution < 1.29 is 9.21 Å². The van der Waals surface area contributed by atoms with Crippen LogP contribution in [0.4, 0.5) is 0 Å². The monoisotopic (exact) mass is 214 g/mol. The highest BCUT2D eigenvalue weighted by Crippen LogP contribution is 2.20. The van der Waals surface area contributed by atoms with E-state index in [4.69, 9.17) is 9.68 Å². The minimum atomic E-state index is -0.604. The van der Waals surface area contributed by atoms with Crippen LogP contribution >= 0.6 is 0 Å². The zero-order valence-electron chi connectivity index (χ0n) is 8.56. The number of hydrogen-bond donors (Lipinski definition) is 1. The third-order valence-corrected chi connectivity index (χ3v) is 2.34. The average molecular weight is 214 g/mol. The highest BCUT2D eigenvalue weighted by atomic mass is 16.3. The van der Waals surface area contributed by atoms with Gasteiger partial charge in [0.05, 0.1) is 6.26 Å². The van der Waals surface area contributed by atoms with Crippen LogP contribution in [0.15, 0.2) is 34.9 Å². The predicted molar refractivity (Wildman–Crippen MR) is 58.5 cm³/mol. The highest BCUT2D eigenvalue weighted by molar-refractivity contribution is 5.91. The maximum atomic E-state index is 10.7. The van der Waals surface area contributed by atoms with Crippen molar-refractivity contribution >= 4 is 16.9 Å². The lowest BCUT2D eigenvalue weighted by Crippen LogP contribution is -2.23. The first kappa shape index (κ1) is 10.2. The van der Waals surface area contributed by atoms with Gasteiger partial charge in [-0.2, -0.15) is 5.26 Å². The zero-order valence-corrected chi connectivity index (χ0v) is 8.56. The lowest BCUT2D eigenvalue weighted by Gasteiger charge is -1.98. The van der Waals surface area contributed by atoms with Gasteiger partial charge in [-0.1, -0.05) is 18.2 Å². The molecule has 0 radical (unpaired) electrons. The van der Waals surface area contributed by atoms with E-state index in [1.807, 2.05) is 24.3 Å². The Labute approximate surface area is 92.5 Å². The number of fused-ring (bicyclic) bond motifs is 1. The molecule has 16 heavy (non-hydrogen) atoms. The molecule has 2 rings (SSSR count). The largest absolute Gasteiger partial charge is 0.464 e. The highest BCUT2D eigenvalue weighted by Gasteiger charge is 2.05. The number of hydrogen-bond acceptors (Lipinski definition) is 3. The Morgan fingerprint density at radius 2 is 2.25 bits per heavy atom. The van der Waals surface area contributed by atoms with Gasteiger partial charge in [-0.25, -0.2) is 0 Å². The summed E-state index contributed by atoms with van der Waals surface area (Å²) in [4.78, 5) is 10.7. The van der Waals surface area contributed by atoms with Crippen LogP contribution in [0.25, 0.3) is 11.0 Å². The van der Waals surface area contributed by atoms with E-state index in [1.165, 1.54) is 6.07 Å². The molecule has 0 atom stereocenters. The van der Waals surface area contributed by atoms with Crippen molar-refractivity contribution in [1.29, 1.82) is 5.26 Å². The molecule has 0 saturated heterocycles. The summed E-state index contributed by atoms with van der Waals surface area (Å²) in [5.41, 5.74) is 1.87. The molecule has 0 aliphatic heterocycles. The lowest BCUT2D eigenvalue weighted by molar-refractivity contribution is -0.115. The van der Waals surface area contributed by atoms with E-state index in [-0.39, 0.29) is 0 Å². The van der Waals surface area contributed by atoms with E-state index in [0.717, 1.165) is 16.5 Å². The predicted octanol–water partition coefficient (Wildman–Crippen LogP) is 1.62. The first-order valence-electron chi connectivity index (χ1n) is 4.94. The van der Waals surface area contributed by atoms with Crippen molar-refractivity contribution in [3.63, 3.8) is 0 Å². The van der Waals surface area contributed by atoms with Crippen LogP contribution in [-0.4, -0.2) is 12.5 Å². The molecule has 0 aliphatic carbocycles. The van der Waals surface area contributed by atoms with Crippen molar-refractivity contribution in [2.24, 2.45) is 0 Å². The van der Waals surface area contributed by atoms with Crippen LogP contribution < -0.4 is 5.32 Å². The van der Waals surface area contributed by atoms with Crippen molar-refractivity contribution in [3.05, 3.63) is 36.1 Å². The molecular weight excluding hydrogens is 204 g/mol. The Hall–Kier alpha value is -2.28.